The molecule has 1 saturated heterocycles. The van der Waals surface area contributed by atoms with E-state index in [1.54, 1.807) is 50.5 Å². The molecule has 2 aromatic rings. The first kappa shape index (κ1) is 21.3. The van der Waals surface area contributed by atoms with Gasteiger partial charge in [-0.25, -0.2) is 0 Å². The minimum absolute atomic E-state index is 0.0660. The van der Waals surface area contributed by atoms with Crippen molar-refractivity contribution in [1.29, 1.82) is 0 Å². The molecular formula is C22H26N4O4. The molecular weight excluding hydrogens is 384 g/mol. The monoisotopic (exact) mass is 410 g/mol. The van der Waals surface area contributed by atoms with Crippen molar-refractivity contribution in [2.24, 2.45) is 5.92 Å². The summed E-state index contributed by atoms with van der Waals surface area (Å²) >= 11 is 0. The molecule has 1 aliphatic rings. The lowest BCUT2D eigenvalue weighted by Crippen LogP contribution is -2.34. The van der Waals surface area contributed by atoms with Gasteiger partial charge in [-0.05, 0) is 55.2 Å². The number of nitro groups is 1. The largest absolute Gasteiger partial charge is 0.366 e. The molecule has 2 aromatic carbocycles. The van der Waals surface area contributed by atoms with Gasteiger partial charge in [0.25, 0.3) is 17.5 Å². The summed E-state index contributed by atoms with van der Waals surface area (Å²) in [5.74, 6) is -0.0989. The number of carbonyl (C=O) groups excluding carboxylic acids is 2. The second kappa shape index (κ2) is 8.94. The lowest BCUT2D eigenvalue weighted by atomic mass is 9.99. The van der Waals surface area contributed by atoms with Crippen molar-refractivity contribution in [3.05, 3.63) is 63.7 Å². The van der Waals surface area contributed by atoms with Crippen molar-refractivity contribution in [3.8, 4) is 0 Å². The molecule has 2 amide bonds. The normalized spacial score (nSPS) is 16.1. The summed E-state index contributed by atoms with van der Waals surface area (Å²) < 4.78 is 0. The minimum atomic E-state index is -0.441. The molecule has 0 saturated carbocycles. The van der Waals surface area contributed by atoms with Crippen LogP contribution in [0.4, 0.5) is 17.1 Å². The van der Waals surface area contributed by atoms with E-state index in [0.29, 0.717) is 22.9 Å². The maximum atomic E-state index is 12.6. The van der Waals surface area contributed by atoms with Crippen LogP contribution >= 0.6 is 0 Å². The predicted octanol–water partition coefficient (Wildman–Crippen LogP) is 3.79. The zero-order chi connectivity index (χ0) is 21.8. The molecule has 1 heterocycles. The second-order valence-corrected chi connectivity index (χ2v) is 7.89. The van der Waals surface area contributed by atoms with Crippen LogP contribution in [-0.4, -0.2) is 48.8 Å². The fourth-order valence-corrected chi connectivity index (χ4v) is 3.64. The van der Waals surface area contributed by atoms with Gasteiger partial charge in [-0.2, -0.15) is 0 Å². The van der Waals surface area contributed by atoms with Gasteiger partial charge < -0.3 is 15.1 Å². The Morgan fingerprint density at radius 3 is 2.40 bits per heavy atom. The maximum absolute atomic E-state index is 12.6. The Morgan fingerprint density at radius 2 is 1.80 bits per heavy atom. The molecule has 1 atom stereocenters. The van der Waals surface area contributed by atoms with E-state index < -0.39 is 10.8 Å². The highest BCUT2D eigenvalue weighted by molar-refractivity contribution is 6.05. The standard InChI is InChI=1S/C22H26N4O4/c1-15-5-4-12-25(14-15)19-11-8-17(13-20(19)26(29)30)21(27)23-18-9-6-16(7-10-18)22(28)24(2)3/h6-11,13,15H,4-5,12,14H2,1-3H3,(H,23,27)/t15-/m1/s1. The first-order valence-electron chi connectivity index (χ1n) is 9.92. The molecule has 158 valence electrons. The third kappa shape index (κ3) is 4.76. The number of nitro benzene ring substituents is 1. The van der Waals surface area contributed by atoms with E-state index in [0.717, 1.165) is 25.9 Å². The topological polar surface area (TPSA) is 95.8 Å². The predicted molar refractivity (Wildman–Crippen MR) is 116 cm³/mol. The summed E-state index contributed by atoms with van der Waals surface area (Å²) in [6.07, 6.45) is 2.11. The number of hydrogen-bond donors (Lipinski definition) is 1. The lowest BCUT2D eigenvalue weighted by Gasteiger charge is -2.32. The molecule has 30 heavy (non-hydrogen) atoms. The number of nitrogens with one attached hydrogen (secondary N) is 1. The van der Waals surface area contributed by atoms with E-state index in [2.05, 4.69) is 12.2 Å². The maximum Gasteiger partial charge on any atom is 0.293 e. The van der Waals surface area contributed by atoms with Crippen LogP contribution in [0.25, 0.3) is 0 Å². The minimum Gasteiger partial charge on any atom is -0.366 e. The zero-order valence-electron chi connectivity index (χ0n) is 17.4. The van der Waals surface area contributed by atoms with Crippen LogP contribution in [0.1, 0.15) is 40.5 Å². The smallest absolute Gasteiger partial charge is 0.293 e. The van der Waals surface area contributed by atoms with Gasteiger partial charge in [-0.1, -0.05) is 6.92 Å². The van der Waals surface area contributed by atoms with Crippen LogP contribution in [0.2, 0.25) is 0 Å². The van der Waals surface area contributed by atoms with Crippen molar-refractivity contribution >= 4 is 28.9 Å². The van der Waals surface area contributed by atoms with Crippen molar-refractivity contribution in [1.82, 2.24) is 4.90 Å². The lowest BCUT2D eigenvalue weighted by molar-refractivity contribution is -0.384. The van der Waals surface area contributed by atoms with Gasteiger partial charge in [0.15, 0.2) is 0 Å². The third-order valence-corrected chi connectivity index (χ3v) is 5.23. The van der Waals surface area contributed by atoms with Gasteiger partial charge in [0, 0.05) is 50.1 Å². The van der Waals surface area contributed by atoms with Crippen molar-refractivity contribution in [3.63, 3.8) is 0 Å². The number of piperidine rings is 1. The van der Waals surface area contributed by atoms with Crippen LogP contribution in [0, 0.1) is 16.0 Å². The Kier molecular flexibility index (Phi) is 6.34. The molecule has 8 nitrogen and oxygen atoms in total. The second-order valence-electron chi connectivity index (χ2n) is 7.89. The fourth-order valence-electron chi connectivity index (χ4n) is 3.64. The third-order valence-electron chi connectivity index (χ3n) is 5.23. The molecule has 0 bridgehead atoms. The summed E-state index contributed by atoms with van der Waals surface area (Å²) in [5.41, 5.74) is 1.71. The Balaban J connectivity index is 1.78. The fraction of sp³-hybridized carbons (Fsp3) is 0.364. The number of rotatable bonds is 5. The molecule has 0 radical (unpaired) electrons. The Hall–Kier alpha value is -3.42. The Labute approximate surface area is 175 Å². The van der Waals surface area contributed by atoms with Crippen LogP contribution in [0.3, 0.4) is 0 Å². The highest BCUT2D eigenvalue weighted by Gasteiger charge is 2.25. The molecule has 8 heteroatoms. The molecule has 1 aliphatic heterocycles. The van der Waals surface area contributed by atoms with Crippen molar-refractivity contribution in [2.75, 3.05) is 37.4 Å². The summed E-state index contributed by atoms with van der Waals surface area (Å²) in [7, 11) is 3.33. The van der Waals surface area contributed by atoms with Gasteiger partial charge in [0.05, 0.1) is 4.92 Å². The van der Waals surface area contributed by atoms with Crippen molar-refractivity contribution in [2.45, 2.75) is 19.8 Å². The number of benzene rings is 2. The number of hydrogen-bond acceptors (Lipinski definition) is 5. The number of nitrogens with zero attached hydrogens (tertiary/aromatic N) is 3. The summed E-state index contributed by atoms with van der Waals surface area (Å²) in [6.45, 7) is 3.68. The highest BCUT2D eigenvalue weighted by Crippen LogP contribution is 2.32. The molecule has 0 spiro atoms. The molecule has 1 fully saturated rings. The highest BCUT2D eigenvalue weighted by atomic mass is 16.6. The summed E-state index contributed by atoms with van der Waals surface area (Å²) in [4.78, 5) is 39.3. The van der Waals surface area contributed by atoms with Crippen LogP contribution in [0.5, 0.6) is 0 Å². The first-order chi connectivity index (χ1) is 14.3. The number of anilines is 2. The molecule has 0 unspecified atom stereocenters. The Bertz CT molecular complexity index is 956. The van der Waals surface area contributed by atoms with Gasteiger partial charge in [-0.3, -0.25) is 19.7 Å². The average molecular weight is 410 g/mol. The summed E-state index contributed by atoms with van der Waals surface area (Å²) in [5, 5.41) is 14.4. The van der Waals surface area contributed by atoms with E-state index in [4.69, 9.17) is 0 Å². The average Bonchev–Trinajstić information content (AvgIpc) is 2.73. The van der Waals surface area contributed by atoms with E-state index in [-0.39, 0.29) is 17.2 Å². The molecule has 1 N–H and O–H groups in total. The van der Waals surface area contributed by atoms with Crippen molar-refractivity contribution < 1.29 is 14.5 Å². The van der Waals surface area contributed by atoms with Crippen LogP contribution < -0.4 is 10.2 Å². The first-order valence-corrected chi connectivity index (χ1v) is 9.92. The molecule has 0 aromatic heterocycles. The SMILES string of the molecule is C[C@@H]1CCCN(c2ccc(C(=O)Nc3ccc(C(=O)N(C)C)cc3)cc2[N+](=O)[O-])C1. The van der Waals surface area contributed by atoms with E-state index in [9.17, 15) is 19.7 Å². The van der Waals surface area contributed by atoms with E-state index in [1.165, 1.54) is 11.0 Å². The van der Waals surface area contributed by atoms with Crippen LogP contribution in [-0.2, 0) is 0 Å². The molecule has 0 aliphatic carbocycles. The quantitative estimate of drug-likeness (QED) is 0.598. The summed E-state index contributed by atoms with van der Waals surface area (Å²) in [6, 6.07) is 11.1. The van der Waals surface area contributed by atoms with Crippen LogP contribution in [0.15, 0.2) is 42.5 Å². The number of amides is 2. The van der Waals surface area contributed by atoms with E-state index in [1.807, 2.05) is 4.90 Å². The van der Waals surface area contributed by atoms with Gasteiger partial charge >= 0.3 is 0 Å². The molecule has 3 rings (SSSR count). The van der Waals surface area contributed by atoms with Gasteiger partial charge in [0.1, 0.15) is 5.69 Å². The van der Waals surface area contributed by atoms with Gasteiger partial charge in [-0.15, -0.1) is 0 Å². The van der Waals surface area contributed by atoms with E-state index >= 15 is 0 Å². The number of carbonyl (C=O) groups is 2. The van der Waals surface area contributed by atoms with Gasteiger partial charge in [0.2, 0.25) is 0 Å². The Morgan fingerprint density at radius 1 is 1.13 bits per heavy atom. The zero-order valence-corrected chi connectivity index (χ0v) is 17.4.